The lowest BCUT2D eigenvalue weighted by Crippen LogP contribution is -2.09. The van der Waals surface area contributed by atoms with Gasteiger partial charge in [-0.1, -0.05) is 182 Å². The van der Waals surface area contributed by atoms with Crippen LogP contribution in [0.5, 0.6) is 0 Å². The number of hydrogen-bond donors (Lipinski definition) is 0. The molecule has 0 spiro atoms. The Kier molecular flexibility index (Phi) is 8.87. The molecule has 0 saturated heterocycles. The number of hydrogen-bond acceptors (Lipinski definition) is 2. The van der Waals surface area contributed by atoms with E-state index in [0.29, 0.717) is 0 Å². The van der Waals surface area contributed by atoms with Gasteiger partial charge in [0.1, 0.15) is 11.2 Å². The summed E-state index contributed by atoms with van der Waals surface area (Å²) < 4.78 is 6.25. The van der Waals surface area contributed by atoms with Gasteiger partial charge in [-0.2, -0.15) is 0 Å². The molecule has 11 aromatic rings. The van der Waals surface area contributed by atoms with Gasteiger partial charge in [-0.25, -0.2) is 0 Å². The van der Waals surface area contributed by atoms with Crippen LogP contribution >= 0.6 is 0 Å². The Morgan fingerprint density at radius 2 is 0.733 bits per heavy atom. The van der Waals surface area contributed by atoms with Crippen molar-refractivity contribution in [1.82, 2.24) is 0 Å². The summed E-state index contributed by atoms with van der Waals surface area (Å²) in [7, 11) is 0. The van der Waals surface area contributed by atoms with Gasteiger partial charge in [0.25, 0.3) is 0 Å². The summed E-state index contributed by atoms with van der Waals surface area (Å²) in [5, 5.41) is 4.76. The van der Waals surface area contributed by atoms with Crippen LogP contribution in [0.1, 0.15) is 0 Å². The van der Waals surface area contributed by atoms with Gasteiger partial charge in [-0.05, 0) is 121 Å². The minimum Gasteiger partial charge on any atom is -0.456 e. The summed E-state index contributed by atoms with van der Waals surface area (Å²) >= 11 is 0. The van der Waals surface area contributed by atoms with Crippen LogP contribution < -0.4 is 4.90 Å². The molecule has 0 bridgehead atoms. The molecule has 10 aromatic carbocycles. The Morgan fingerprint density at radius 1 is 0.267 bits per heavy atom. The third kappa shape index (κ3) is 6.41. The van der Waals surface area contributed by atoms with Crippen LogP contribution in [-0.4, -0.2) is 0 Å². The molecule has 0 amide bonds. The molecule has 60 heavy (non-hydrogen) atoms. The van der Waals surface area contributed by atoms with Gasteiger partial charge in [-0.3, -0.25) is 0 Å². The van der Waals surface area contributed by atoms with Gasteiger partial charge < -0.3 is 9.32 Å². The smallest absolute Gasteiger partial charge is 0.136 e. The lowest BCUT2D eigenvalue weighted by molar-refractivity contribution is 0.669. The number of furan rings is 1. The second kappa shape index (κ2) is 15.1. The Balaban J connectivity index is 1.02. The van der Waals surface area contributed by atoms with Crippen molar-refractivity contribution in [3.8, 4) is 55.6 Å². The molecular weight excluding hydrogens is 727 g/mol. The standard InChI is InChI=1S/C58H39NO/c1-3-13-40(14-4-1)46-31-38-52(41-15-5-2-6-16-41)55(39-46)45-29-36-49(37-30-45)59(47-32-25-43(26-33-47)51-21-11-18-42-17-7-8-19-50(42)51)48-34-27-44(28-35-48)53-22-12-24-57-58(53)54-20-9-10-23-56(54)60-57/h1-39H. The minimum absolute atomic E-state index is 0.899. The van der Waals surface area contributed by atoms with E-state index in [4.69, 9.17) is 4.42 Å². The molecular formula is C58H39NO. The highest BCUT2D eigenvalue weighted by Gasteiger charge is 2.17. The molecule has 0 aliphatic rings. The molecule has 0 radical (unpaired) electrons. The number of benzene rings is 10. The van der Waals surface area contributed by atoms with E-state index < -0.39 is 0 Å². The first-order valence-electron chi connectivity index (χ1n) is 20.5. The van der Waals surface area contributed by atoms with Crippen molar-refractivity contribution >= 4 is 49.8 Å². The molecule has 0 unspecified atom stereocenters. The van der Waals surface area contributed by atoms with Crippen LogP contribution in [0, 0.1) is 0 Å². The van der Waals surface area contributed by atoms with Crippen molar-refractivity contribution in [2.75, 3.05) is 4.90 Å². The highest BCUT2D eigenvalue weighted by atomic mass is 16.3. The number of anilines is 3. The predicted octanol–water partition coefficient (Wildman–Crippen LogP) is 16.5. The largest absolute Gasteiger partial charge is 0.456 e. The first-order valence-corrected chi connectivity index (χ1v) is 20.5. The van der Waals surface area contributed by atoms with E-state index >= 15 is 0 Å². The van der Waals surface area contributed by atoms with E-state index in [1.165, 1.54) is 49.7 Å². The molecule has 1 aromatic heterocycles. The van der Waals surface area contributed by atoms with Gasteiger partial charge in [0.05, 0.1) is 0 Å². The summed E-state index contributed by atoms with van der Waals surface area (Å²) in [6.07, 6.45) is 0. The lowest BCUT2D eigenvalue weighted by Gasteiger charge is -2.26. The second-order valence-electron chi connectivity index (χ2n) is 15.3. The Labute approximate surface area is 349 Å². The maximum Gasteiger partial charge on any atom is 0.136 e. The van der Waals surface area contributed by atoms with Gasteiger partial charge in [0, 0.05) is 27.8 Å². The summed E-state index contributed by atoms with van der Waals surface area (Å²) in [4.78, 5) is 2.35. The van der Waals surface area contributed by atoms with Crippen LogP contribution in [0.15, 0.2) is 241 Å². The quantitative estimate of drug-likeness (QED) is 0.153. The van der Waals surface area contributed by atoms with E-state index in [0.717, 1.165) is 55.7 Å². The molecule has 0 atom stereocenters. The van der Waals surface area contributed by atoms with E-state index in [1.807, 2.05) is 12.1 Å². The molecule has 0 N–H and O–H groups in total. The molecule has 0 fully saturated rings. The second-order valence-corrected chi connectivity index (χ2v) is 15.3. The topological polar surface area (TPSA) is 16.4 Å². The van der Waals surface area contributed by atoms with Gasteiger partial charge in [-0.15, -0.1) is 0 Å². The van der Waals surface area contributed by atoms with Crippen LogP contribution in [0.3, 0.4) is 0 Å². The summed E-state index contributed by atoms with van der Waals surface area (Å²) in [6.45, 7) is 0. The molecule has 2 heteroatoms. The molecule has 0 aliphatic carbocycles. The molecule has 11 rings (SSSR count). The monoisotopic (exact) mass is 765 g/mol. The van der Waals surface area contributed by atoms with E-state index in [9.17, 15) is 0 Å². The van der Waals surface area contributed by atoms with Crippen LogP contribution in [-0.2, 0) is 0 Å². The molecule has 2 nitrogen and oxygen atoms in total. The van der Waals surface area contributed by atoms with Crippen LogP contribution in [0.4, 0.5) is 17.1 Å². The normalized spacial score (nSPS) is 11.3. The Morgan fingerprint density at radius 3 is 1.42 bits per heavy atom. The Bertz CT molecular complexity index is 3270. The van der Waals surface area contributed by atoms with Gasteiger partial charge >= 0.3 is 0 Å². The maximum atomic E-state index is 6.25. The number of para-hydroxylation sites is 1. The highest BCUT2D eigenvalue weighted by Crippen LogP contribution is 2.42. The fourth-order valence-corrected chi connectivity index (χ4v) is 8.77. The summed E-state index contributed by atoms with van der Waals surface area (Å²) in [6, 6.07) is 84.9. The zero-order chi connectivity index (χ0) is 39.8. The first kappa shape index (κ1) is 35.2. The number of rotatable bonds is 8. The van der Waals surface area contributed by atoms with Crippen LogP contribution in [0.25, 0.3) is 88.3 Å². The first-order chi connectivity index (χ1) is 29.7. The fourth-order valence-electron chi connectivity index (χ4n) is 8.77. The zero-order valence-corrected chi connectivity index (χ0v) is 32.9. The molecule has 1 heterocycles. The van der Waals surface area contributed by atoms with Crippen molar-refractivity contribution in [2.24, 2.45) is 0 Å². The summed E-state index contributed by atoms with van der Waals surface area (Å²) in [5.74, 6) is 0. The maximum absolute atomic E-state index is 6.25. The van der Waals surface area contributed by atoms with Crippen molar-refractivity contribution in [2.45, 2.75) is 0 Å². The van der Waals surface area contributed by atoms with Crippen molar-refractivity contribution in [3.05, 3.63) is 237 Å². The van der Waals surface area contributed by atoms with Gasteiger partial charge in [0.2, 0.25) is 0 Å². The van der Waals surface area contributed by atoms with Crippen molar-refractivity contribution < 1.29 is 4.42 Å². The molecule has 0 saturated carbocycles. The fraction of sp³-hybridized carbons (Fsp3) is 0. The van der Waals surface area contributed by atoms with Crippen molar-refractivity contribution in [3.63, 3.8) is 0 Å². The lowest BCUT2D eigenvalue weighted by atomic mass is 9.91. The summed E-state index contributed by atoms with van der Waals surface area (Å²) in [5.41, 5.74) is 16.9. The third-order valence-corrected chi connectivity index (χ3v) is 11.7. The average Bonchev–Trinajstić information content (AvgIpc) is 3.72. The average molecular weight is 766 g/mol. The van der Waals surface area contributed by atoms with Crippen molar-refractivity contribution in [1.29, 1.82) is 0 Å². The number of nitrogens with zero attached hydrogens (tertiary/aromatic N) is 1. The molecule has 0 aliphatic heterocycles. The van der Waals surface area contributed by atoms with E-state index in [-0.39, 0.29) is 0 Å². The molecule has 282 valence electrons. The van der Waals surface area contributed by atoms with E-state index in [1.54, 1.807) is 0 Å². The zero-order valence-electron chi connectivity index (χ0n) is 32.9. The minimum atomic E-state index is 0.899. The predicted molar refractivity (Wildman–Crippen MR) is 253 cm³/mol. The van der Waals surface area contributed by atoms with E-state index in [2.05, 4.69) is 229 Å². The third-order valence-electron chi connectivity index (χ3n) is 11.7. The number of fused-ring (bicyclic) bond motifs is 4. The highest BCUT2D eigenvalue weighted by molar-refractivity contribution is 6.12. The van der Waals surface area contributed by atoms with Gasteiger partial charge in [0.15, 0.2) is 0 Å². The van der Waals surface area contributed by atoms with Crippen LogP contribution in [0.2, 0.25) is 0 Å². The Hall–Kier alpha value is -7.94. The SMILES string of the molecule is c1ccc(-c2ccc(-c3ccccc3)c(-c3ccc(N(c4ccc(-c5cccc6ccccc56)cc4)c4ccc(-c5cccc6oc7ccccc7c56)cc4)cc3)c2)cc1.